The lowest BCUT2D eigenvalue weighted by molar-refractivity contribution is -0.385. The first-order valence-electron chi connectivity index (χ1n) is 7.02. The van der Waals surface area contributed by atoms with Crippen LogP contribution in [-0.2, 0) is 4.79 Å². The van der Waals surface area contributed by atoms with Crippen LogP contribution in [0, 0.1) is 17.0 Å². The smallest absolute Gasteiger partial charge is 0.339 e. The number of aryl methyl sites for hydroxylation is 1. The Bertz CT molecular complexity index is 848. The Morgan fingerprint density at radius 2 is 1.96 bits per heavy atom. The number of nitro groups is 1. The van der Waals surface area contributed by atoms with Crippen LogP contribution in [0.15, 0.2) is 36.4 Å². The number of aromatic hydroxyl groups is 1. The van der Waals surface area contributed by atoms with E-state index in [2.05, 4.69) is 5.32 Å². The summed E-state index contributed by atoms with van der Waals surface area (Å²) in [5, 5.41) is 32.0. The quantitative estimate of drug-likeness (QED) is 0.414. The Balaban J connectivity index is 2.09. The predicted octanol–water partition coefficient (Wildman–Crippen LogP) is 2.32. The molecule has 0 atom stereocenters. The number of carbonyl (C=O) groups is 2. The van der Waals surface area contributed by atoms with E-state index in [0.717, 1.165) is 6.07 Å². The molecule has 25 heavy (non-hydrogen) atoms. The van der Waals surface area contributed by atoms with E-state index < -0.39 is 23.4 Å². The Hall–Kier alpha value is -3.62. The molecule has 0 fully saturated rings. The first-order valence-corrected chi connectivity index (χ1v) is 7.02. The van der Waals surface area contributed by atoms with Gasteiger partial charge in [-0.1, -0.05) is 12.1 Å². The second kappa shape index (κ2) is 7.30. The number of rotatable bonds is 6. The van der Waals surface area contributed by atoms with E-state index >= 15 is 0 Å². The summed E-state index contributed by atoms with van der Waals surface area (Å²) in [6, 6.07) is 8.10. The lowest BCUT2D eigenvalue weighted by Gasteiger charge is -2.10. The van der Waals surface area contributed by atoms with Gasteiger partial charge < -0.3 is 20.3 Å². The van der Waals surface area contributed by atoms with Crippen molar-refractivity contribution in [3.63, 3.8) is 0 Å². The molecule has 9 heteroatoms. The summed E-state index contributed by atoms with van der Waals surface area (Å²) in [7, 11) is 0. The number of hydrogen-bond acceptors (Lipinski definition) is 6. The highest BCUT2D eigenvalue weighted by Crippen LogP contribution is 2.27. The van der Waals surface area contributed by atoms with E-state index in [1.54, 1.807) is 0 Å². The second-order valence-electron chi connectivity index (χ2n) is 5.06. The minimum Gasteiger partial charge on any atom is -0.507 e. The molecule has 2 aromatic carbocycles. The molecule has 0 heterocycles. The van der Waals surface area contributed by atoms with Gasteiger partial charge in [0.25, 0.3) is 5.91 Å². The Morgan fingerprint density at radius 1 is 1.28 bits per heavy atom. The number of nitrogens with zero attached hydrogens (tertiary/aromatic N) is 1. The van der Waals surface area contributed by atoms with Gasteiger partial charge in [0.1, 0.15) is 11.3 Å². The molecular formula is C16H14N2O7. The van der Waals surface area contributed by atoms with Crippen LogP contribution in [0.3, 0.4) is 0 Å². The van der Waals surface area contributed by atoms with Gasteiger partial charge in [-0.15, -0.1) is 0 Å². The molecule has 2 aromatic rings. The highest BCUT2D eigenvalue weighted by atomic mass is 16.6. The van der Waals surface area contributed by atoms with Crippen molar-refractivity contribution in [1.29, 1.82) is 0 Å². The number of hydrogen-bond donors (Lipinski definition) is 3. The maximum Gasteiger partial charge on any atom is 0.339 e. The van der Waals surface area contributed by atoms with Gasteiger partial charge in [0, 0.05) is 11.8 Å². The van der Waals surface area contributed by atoms with Crippen LogP contribution < -0.4 is 10.1 Å². The molecule has 0 aliphatic rings. The molecule has 0 spiro atoms. The fourth-order valence-corrected chi connectivity index (χ4v) is 2.09. The van der Waals surface area contributed by atoms with Crippen LogP contribution in [0.4, 0.5) is 11.4 Å². The van der Waals surface area contributed by atoms with Gasteiger partial charge in [-0.2, -0.15) is 0 Å². The van der Waals surface area contributed by atoms with Gasteiger partial charge in [-0.05, 0) is 30.7 Å². The van der Waals surface area contributed by atoms with Gasteiger partial charge in [0.2, 0.25) is 0 Å². The Kier molecular flexibility index (Phi) is 5.18. The van der Waals surface area contributed by atoms with Crippen molar-refractivity contribution in [3.8, 4) is 11.5 Å². The van der Waals surface area contributed by atoms with Gasteiger partial charge >= 0.3 is 11.7 Å². The minimum atomic E-state index is -1.34. The minimum absolute atomic E-state index is 0.0595. The van der Waals surface area contributed by atoms with Crippen molar-refractivity contribution in [2.75, 3.05) is 11.9 Å². The third kappa shape index (κ3) is 4.22. The predicted molar refractivity (Wildman–Crippen MR) is 87.0 cm³/mol. The third-order valence-electron chi connectivity index (χ3n) is 3.24. The molecular weight excluding hydrogens is 332 g/mol. The fraction of sp³-hybridized carbons (Fsp3) is 0.125. The number of para-hydroxylation sites is 2. The van der Waals surface area contributed by atoms with E-state index in [0.29, 0.717) is 0 Å². The monoisotopic (exact) mass is 346 g/mol. The van der Waals surface area contributed by atoms with E-state index in [9.17, 15) is 24.8 Å². The Morgan fingerprint density at radius 3 is 2.60 bits per heavy atom. The molecule has 0 aromatic heterocycles. The molecule has 0 aliphatic heterocycles. The number of carboxylic acids is 1. The molecule has 0 radical (unpaired) electrons. The number of nitrogens with one attached hydrogen (secondary N) is 1. The highest BCUT2D eigenvalue weighted by Gasteiger charge is 2.17. The van der Waals surface area contributed by atoms with Gasteiger partial charge in [-0.25, -0.2) is 4.79 Å². The largest absolute Gasteiger partial charge is 0.507 e. The number of aromatic carboxylic acids is 1. The number of nitro benzene ring substituents is 1. The molecule has 1 amide bonds. The van der Waals surface area contributed by atoms with Crippen LogP contribution >= 0.6 is 0 Å². The fourth-order valence-electron chi connectivity index (χ4n) is 2.09. The van der Waals surface area contributed by atoms with Crippen molar-refractivity contribution < 1.29 is 29.5 Å². The summed E-state index contributed by atoms with van der Waals surface area (Å²) >= 11 is 0. The highest BCUT2D eigenvalue weighted by molar-refractivity contribution is 5.96. The third-order valence-corrected chi connectivity index (χ3v) is 3.24. The lowest BCUT2D eigenvalue weighted by Crippen LogP contribution is -2.20. The molecule has 9 nitrogen and oxygen atoms in total. The van der Waals surface area contributed by atoms with Crippen molar-refractivity contribution in [1.82, 2.24) is 0 Å². The summed E-state index contributed by atoms with van der Waals surface area (Å²) in [4.78, 5) is 33.2. The normalized spacial score (nSPS) is 10.1. The maximum atomic E-state index is 11.9. The van der Waals surface area contributed by atoms with Gasteiger partial charge in [-0.3, -0.25) is 14.9 Å². The Labute approximate surface area is 141 Å². The summed E-state index contributed by atoms with van der Waals surface area (Å²) in [5.74, 6) is -2.43. The van der Waals surface area contributed by atoms with Crippen LogP contribution in [0.2, 0.25) is 0 Å². The van der Waals surface area contributed by atoms with Gasteiger partial charge in [0.05, 0.1) is 4.92 Å². The standard InChI is InChI=1S/C16H14N2O7/c1-9-6-10(7-11(15(9)20)16(21)22)17-14(19)8-25-13-5-3-2-4-12(13)18(23)24/h2-7,20H,8H2,1H3,(H,17,19)(H,21,22). The average molecular weight is 346 g/mol. The molecule has 3 N–H and O–H groups in total. The van der Waals surface area contributed by atoms with Crippen molar-refractivity contribution in [2.45, 2.75) is 6.92 Å². The number of amides is 1. The zero-order valence-corrected chi connectivity index (χ0v) is 13.1. The molecule has 0 bridgehead atoms. The second-order valence-corrected chi connectivity index (χ2v) is 5.06. The van der Waals surface area contributed by atoms with Crippen molar-refractivity contribution >= 4 is 23.3 Å². The van der Waals surface area contributed by atoms with Crippen LogP contribution in [-0.4, -0.2) is 33.6 Å². The summed E-state index contributed by atoms with van der Waals surface area (Å²) in [5.41, 5.74) is -0.197. The first-order chi connectivity index (χ1) is 11.8. The number of carbonyl (C=O) groups excluding carboxylic acids is 1. The SMILES string of the molecule is Cc1cc(NC(=O)COc2ccccc2[N+](=O)[O-])cc(C(=O)O)c1O. The van der Waals surface area contributed by atoms with Crippen molar-refractivity contribution in [2.24, 2.45) is 0 Å². The van der Waals surface area contributed by atoms with E-state index in [1.165, 1.54) is 37.3 Å². The van der Waals surface area contributed by atoms with E-state index in [-0.39, 0.29) is 34.0 Å². The van der Waals surface area contributed by atoms with E-state index in [4.69, 9.17) is 9.84 Å². The van der Waals surface area contributed by atoms with Gasteiger partial charge in [0.15, 0.2) is 12.4 Å². The summed E-state index contributed by atoms with van der Waals surface area (Å²) in [6.45, 7) is 0.981. The number of phenols is 1. The van der Waals surface area contributed by atoms with Crippen LogP contribution in [0.1, 0.15) is 15.9 Å². The number of ether oxygens (including phenoxy) is 1. The van der Waals surface area contributed by atoms with Crippen LogP contribution in [0.25, 0.3) is 0 Å². The molecule has 0 aliphatic carbocycles. The zero-order chi connectivity index (χ0) is 18.6. The molecule has 0 unspecified atom stereocenters. The number of carboxylic acid groups (broad SMARTS) is 1. The number of anilines is 1. The lowest BCUT2D eigenvalue weighted by atomic mass is 10.1. The van der Waals surface area contributed by atoms with Crippen LogP contribution in [0.5, 0.6) is 11.5 Å². The molecule has 0 saturated carbocycles. The van der Waals surface area contributed by atoms with Crippen molar-refractivity contribution in [3.05, 3.63) is 57.6 Å². The molecule has 2 rings (SSSR count). The number of benzene rings is 2. The first kappa shape index (κ1) is 17.7. The average Bonchev–Trinajstić information content (AvgIpc) is 2.56. The summed E-state index contributed by atoms with van der Waals surface area (Å²) < 4.78 is 5.14. The maximum absolute atomic E-state index is 11.9. The van der Waals surface area contributed by atoms with E-state index in [1.807, 2.05) is 0 Å². The summed E-state index contributed by atoms with van der Waals surface area (Å²) in [6.07, 6.45) is 0. The molecule has 130 valence electrons. The molecule has 0 saturated heterocycles. The topological polar surface area (TPSA) is 139 Å². The zero-order valence-electron chi connectivity index (χ0n) is 13.1.